The minimum Gasteiger partial charge on any atom is -0.460 e. The van der Waals surface area contributed by atoms with Gasteiger partial charge < -0.3 is 14.2 Å². The van der Waals surface area contributed by atoms with Gasteiger partial charge in [0.2, 0.25) is 0 Å². The quantitative estimate of drug-likeness (QED) is 0.521. The van der Waals surface area contributed by atoms with Gasteiger partial charge in [-0.05, 0) is 67.5 Å². The number of hydroxylamine groups is 4. The number of hydrogen-bond donors (Lipinski definition) is 0. The lowest BCUT2D eigenvalue weighted by Crippen LogP contribution is -2.60. The minimum absolute atomic E-state index is 0.0470. The zero-order valence-electron chi connectivity index (χ0n) is 23.1. The lowest BCUT2D eigenvalue weighted by molar-refractivity contribution is -0.297. The van der Waals surface area contributed by atoms with E-state index in [-0.39, 0.29) is 30.2 Å². The van der Waals surface area contributed by atoms with Gasteiger partial charge in [-0.3, -0.25) is 0 Å². The number of rotatable bonds is 6. The van der Waals surface area contributed by atoms with Crippen LogP contribution in [0.1, 0.15) is 81.1 Å². The highest BCUT2D eigenvalue weighted by Crippen LogP contribution is 2.40. The van der Waals surface area contributed by atoms with E-state index in [2.05, 4.69) is 15.0 Å². The summed E-state index contributed by atoms with van der Waals surface area (Å²) in [5.74, 6) is 0.564. The number of aromatic nitrogens is 3. The van der Waals surface area contributed by atoms with Crippen molar-refractivity contribution >= 4 is 0 Å². The second kappa shape index (κ2) is 9.65. The number of hydrogen-bond acceptors (Lipinski definition) is 8. The Morgan fingerprint density at radius 2 is 0.973 bits per heavy atom. The van der Waals surface area contributed by atoms with Gasteiger partial charge in [-0.2, -0.15) is 0 Å². The summed E-state index contributed by atoms with van der Waals surface area (Å²) < 4.78 is 18.4. The molecular formula is C27H39N5O5. The minimum atomic E-state index is -0.606. The van der Waals surface area contributed by atoms with Crippen molar-refractivity contribution in [2.24, 2.45) is 0 Å². The highest BCUT2D eigenvalue weighted by atomic mass is 16.5. The average Bonchev–Trinajstić information content (AvgIpc) is 2.75. The van der Waals surface area contributed by atoms with E-state index >= 15 is 0 Å². The van der Waals surface area contributed by atoms with Crippen LogP contribution in [-0.4, -0.2) is 59.4 Å². The lowest BCUT2D eigenvalue weighted by atomic mass is 9.80. The predicted octanol–water partition coefficient (Wildman–Crippen LogP) is 5.16. The molecule has 0 amide bonds. The van der Waals surface area contributed by atoms with Crippen molar-refractivity contribution < 1.29 is 24.6 Å². The Kier molecular flexibility index (Phi) is 7.17. The number of para-hydroxylation sites is 1. The molecule has 3 heterocycles. The van der Waals surface area contributed by atoms with Gasteiger partial charge in [0.25, 0.3) is 0 Å². The smallest absolute Gasteiger partial charge is 0.331 e. The zero-order chi connectivity index (χ0) is 27.2. The molecule has 2 fully saturated rings. The number of piperidine rings is 2. The van der Waals surface area contributed by atoms with Crippen LogP contribution in [0.3, 0.4) is 0 Å². The molecule has 202 valence electrons. The molecule has 10 heteroatoms. The summed E-state index contributed by atoms with van der Waals surface area (Å²) in [4.78, 5) is 13.3. The van der Waals surface area contributed by atoms with Crippen molar-refractivity contribution in [2.45, 2.75) is 115 Å². The van der Waals surface area contributed by atoms with Crippen molar-refractivity contribution in [3.8, 4) is 23.8 Å². The van der Waals surface area contributed by atoms with E-state index in [0.29, 0.717) is 31.4 Å². The predicted molar refractivity (Wildman–Crippen MR) is 135 cm³/mol. The maximum atomic E-state index is 12.8. The number of nitrogens with zero attached hydrogens (tertiary/aromatic N) is 5. The van der Waals surface area contributed by atoms with Crippen LogP contribution in [0.15, 0.2) is 30.3 Å². The van der Waals surface area contributed by atoms with E-state index in [1.807, 2.05) is 73.6 Å². The molecule has 0 N–H and O–H groups in total. The molecule has 2 radical (unpaired) electrons. The Morgan fingerprint density at radius 3 is 1.35 bits per heavy atom. The van der Waals surface area contributed by atoms with Crippen LogP contribution >= 0.6 is 0 Å². The van der Waals surface area contributed by atoms with Crippen molar-refractivity contribution in [3.05, 3.63) is 30.3 Å². The van der Waals surface area contributed by atoms with Gasteiger partial charge in [-0.15, -0.1) is 35.5 Å². The molecule has 2 aromatic rings. The topological polar surface area (TPSA) is 113 Å². The van der Waals surface area contributed by atoms with Crippen LogP contribution in [0.4, 0.5) is 0 Å². The van der Waals surface area contributed by atoms with Crippen molar-refractivity contribution in [1.82, 2.24) is 25.1 Å². The molecule has 10 nitrogen and oxygen atoms in total. The first-order valence-corrected chi connectivity index (χ1v) is 12.8. The summed E-state index contributed by atoms with van der Waals surface area (Å²) in [6, 6.07) is 9.40. The second-order valence-electron chi connectivity index (χ2n) is 12.7. The van der Waals surface area contributed by atoms with Crippen LogP contribution < -0.4 is 14.2 Å². The highest BCUT2D eigenvalue weighted by Gasteiger charge is 2.48. The Balaban J connectivity index is 1.61. The summed E-state index contributed by atoms with van der Waals surface area (Å²) in [5.41, 5.74) is -2.42. The van der Waals surface area contributed by atoms with Crippen LogP contribution in [-0.2, 0) is 10.4 Å². The Labute approximate surface area is 219 Å². The first kappa shape index (κ1) is 27.5. The fourth-order valence-corrected chi connectivity index (χ4v) is 5.87. The van der Waals surface area contributed by atoms with Crippen LogP contribution in [0.2, 0.25) is 0 Å². The summed E-state index contributed by atoms with van der Waals surface area (Å²) in [6.07, 6.45) is 1.50. The molecule has 0 unspecified atom stereocenters. The third-order valence-corrected chi connectivity index (χ3v) is 7.18. The van der Waals surface area contributed by atoms with E-state index in [1.165, 1.54) is 0 Å². The molecule has 0 aliphatic carbocycles. The molecular weight excluding hydrogens is 474 g/mol. The number of ether oxygens (including phenoxy) is 3. The van der Waals surface area contributed by atoms with Crippen LogP contribution in [0.25, 0.3) is 0 Å². The van der Waals surface area contributed by atoms with E-state index in [1.54, 1.807) is 12.1 Å². The van der Waals surface area contributed by atoms with Crippen LogP contribution in [0, 0.1) is 0 Å². The first-order chi connectivity index (χ1) is 17.1. The van der Waals surface area contributed by atoms with Crippen molar-refractivity contribution in [3.63, 3.8) is 0 Å². The van der Waals surface area contributed by atoms with Crippen molar-refractivity contribution in [1.29, 1.82) is 0 Å². The molecule has 2 saturated heterocycles. The molecule has 0 saturated carbocycles. The van der Waals surface area contributed by atoms with Gasteiger partial charge in [-0.1, -0.05) is 18.2 Å². The van der Waals surface area contributed by atoms with Gasteiger partial charge in [-0.25, -0.2) is 0 Å². The van der Waals surface area contributed by atoms with E-state index in [0.717, 1.165) is 10.1 Å². The average molecular weight is 514 g/mol. The Hall–Kier alpha value is -2.53. The summed E-state index contributed by atoms with van der Waals surface area (Å²) in [5, 5.41) is 27.9. The molecule has 2 aliphatic heterocycles. The molecule has 0 spiro atoms. The second-order valence-corrected chi connectivity index (χ2v) is 12.7. The molecule has 0 bridgehead atoms. The molecule has 37 heavy (non-hydrogen) atoms. The normalized spacial score (nSPS) is 23.9. The maximum Gasteiger partial charge on any atom is 0.331 e. The summed E-state index contributed by atoms with van der Waals surface area (Å²) in [6.45, 7) is 15.3. The molecule has 1 aromatic heterocycles. The van der Waals surface area contributed by atoms with E-state index in [4.69, 9.17) is 14.2 Å². The van der Waals surface area contributed by atoms with Gasteiger partial charge in [0, 0.05) is 47.8 Å². The zero-order valence-corrected chi connectivity index (χ0v) is 23.1. The van der Waals surface area contributed by atoms with Gasteiger partial charge in [0.1, 0.15) is 18.0 Å². The monoisotopic (exact) mass is 513 g/mol. The largest absolute Gasteiger partial charge is 0.460 e. The summed E-state index contributed by atoms with van der Waals surface area (Å²) >= 11 is 0. The third-order valence-electron chi connectivity index (χ3n) is 7.18. The van der Waals surface area contributed by atoms with E-state index in [9.17, 15) is 10.4 Å². The van der Waals surface area contributed by atoms with Crippen molar-refractivity contribution in [2.75, 3.05) is 0 Å². The fourth-order valence-electron chi connectivity index (χ4n) is 5.87. The lowest BCUT2D eigenvalue weighted by Gasteiger charge is -2.49. The molecule has 4 rings (SSSR count). The fraction of sp³-hybridized carbons (Fsp3) is 0.667. The maximum absolute atomic E-state index is 12.8. The molecule has 1 aromatic carbocycles. The van der Waals surface area contributed by atoms with Gasteiger partial charge in [0.15, 0.2) is 0 Å². The third kappa shape index (κ3) is 6.14. The highest BCUT2D eigenvalue weighted by molar-refractivity contribution is 5.25. The SMILES string of the molecule is CC1(C)CC(Oc2nc(Oc3ccccc3)nc(OC3CC(C)(C)N([O])C(C)(C)C3)n2)CC(C)(C)N1[O]. The van der Waals surface area contributed by atoms with Gasteiger partial charge in [0.05, 0.1) is 0 Å². The Morgan fingerprint density at radius 1 is 0.622 bits per heavy atom. The van der Waals surface area contributed by atoms with Crippen LogP contribution in [0.5, 0.6) is 23.8 Å². The molecule has 0 atom stereocenters. The Bertz CT molecular complexity index is 994. The van der Waals surface area contributed by atoms with E-state index < -0.39 is 22.2 Å². The molecule has 2 aliphatic rings. The first-order valence-electron chi connectivity index (χ1n) is 12.8. The standard InChI is InChI=1S/C27H39N5O5/c1-24(2)14-19(15-25(3,4)31(24)33)36-22-28-21(35-18-12-10-9-11-13-18)29-23(30-22)37-20-16-26(5,6)32(34)27(7,8)17-20/h9-13,19-20H,14-17H2,1-8H3. The number of benzene rings is 1. The van der Waals surface area contributed by atoms with Gasteiger partial charge >= 0.3 is 18.0 Å². The summed E-state index contributed by atoms with van der Waals surface area (Å²) in [7, 11) is 0.